The maximum absolute atomic E-state index is 13.6. The highest BCUT2D eigenvalue weighted by molar-refractivity contribution is 7.93. The largest absolute Gasteiger partial charge is 0.444 e. The first kappa shape index (κ1) is 19.9. The molecule has 0 aromatic heterocycles. The van der Waals surface area contributed by atoms with Gasteiger partial charge in [0, 0.05) is 19.1 Å². The molecule has 1 aliphatic heterocycles. The molecule has 3 atom stereocenters. The lowest BCUT2D eigenvalue weighted by Crippen LogP contribution is -2.46. The van der Waals surface area contributed by atoms with E-state index in [9.17, 15) is 18.3 Å². The number of benzene rings is 1. The Morgan fingerprint density at radius 2 is 1.93 bits per heavy atom. The molecule has 27 heavy (non-hydrogen) atoms. The number of amides is 1. The molecular weight excluding hydrogens is 366 g/mol. The molecule has 1 fully saturated rings. The van der Waals surface area contributed by atoms with Crippen molar-refractivity contribution in [3.8, 4) is 0 Å². The minimum atomic E-state index is -3.75. The summed E-state index contributed by atoms with van der Waals surface area (Å²) in [6.45, 7) is 7.12. The van der Waals surface area contributed by atoms with E-state index in [4.69, 9.17) is 4.74 Å². The van der Waals surface area contributed by atoms with Crippen molar-refractivity contribution in [2.75, 3.05) is 13.2 Å². The van der Waals surface area contributed by atoms with E-state index >= 15 is 0 Å². The Hall–Kier alpha value is -1.86. The summed E-state index contributed by atoms with van der Waals surface area (Å²) in [6.07, 6.45) is 3.23. The third kappa shape index (κ3) is 3.27. The van der Waals surface area contributed by atoms with E-state index in [1.54, 1.807) is 57.2 Å². The van der Waals surface area contributed by atoms with Crippen molar-refractivity contribution < 1.29 is 23.1 Å². The van der Waals surface area contributed by atoms with E-state index in [2.05, 4.69) is 0 Å². The van der Waals surface area contributed by atoms with Gasteiger partial charge in [0.2, 0.25) is 0 Å². The average Bonchev–Trinajstić information content (AvgIpc) is 3.08. The molecule has 0 unspecified atom stereocenters. The highest BCUT2D eigenvalue weighted by atomic mass is 32.2. The van der Waals surface area contributed by atoms with Crippen molar-refractivity contribution in [1.29, 1.82) is 0 Å². The van der Waals surface area contributed by atoms with Gasteiger partial charge in [-0.2, -0.15) is 0 Å². The third-order valence-electron chi connectivity index (χ3n) is 5.29. The number of rotatable bonds is 4. The van der Waals surface area contributed by atoms with Crippen molar-refractivity contribution in [2.45, 2.75) is 55.4 Å². The summed E-state index contributed by atoms with van der Waals surface area (Å²) in [5.74, 6) is -0.402. The van der Waals surface area contributed by atoms with E-state index in [0.717, 1.165) is 5.56 Å². The number of carbonyl (C=O) groups excluding carboxylic acids is 1. The van der Waals surface area contributed by atoms with Crippen molar-refractivity contribution in [2.24, 2.45) is 5.92 Å². The van der Waals surface area contributed by atoms with Crippen molar-refractivity contribution in [3.05, 3.63) is 42.0 Å². The van der Waals surface area contributed by atoms with Crippen LogP contribution in [0.2, 0.25) is 0 Å². The first-order valence-electron chi connectivity index (χ1n) is 9.13. The molecule has 0 spiro atoms. The van der Waals surface area contributed by atoms with Crippen LogP contribution >= 0.6 is 0 Å². The second-order valence-electron chi connectivity index (χ2n) is 8.35. The first-order chi connectivity index (χ1) is 12.5. The summed E-state index contributed by atoms with van der Waals surface area (Å²) < 4.78 is 31.3. The van der Waals surface area contributed by atoms with E-state index in [1.165, 1.54) is 4.90 Å². The zero-order valence-corrected chi connectivity index (χ0v) is 17.0. The number of aryl methyl sites for hydroxylation is 1. The predicted molar refractivity (Wildman–Crippen MR) is 102 cm³/mol. The minimum absolute atomic E-state index is 0.0317. The molecule has 1 aromatic carbocycles. The Morgan fingerprint density at radius 1 is 1.30 bits per heavy atom. The number of sulfone groups is 1. The van der Waals surface area contributed by atoms with Crippen LogP contribution in [0.4, 0.5) is 4.79 Å². The van der Waals surface area contributed by atoms with Crippen LogP contribution in [0.1, 0.15) is 32.8 Å². The number of fused-ring (bicyclic) bond motifs is 2. The molecule has 148 valence electrons. The van der Waals surface area contributed by atoms with Crippen LogP contribution in [-0.2, 0) is 14.6 Å². The highest BCUT2D eigenvalue weighted by Gasteiger charge is 2.62. The molecule has 2 aliphatic rings. The van der Waals surface area contributed by atoms with Gasteiger partial charge in [-0.3, -0.25) is 4.90 Å². The molecule has 3 rings (SSSR count). The van der Waals surface area contributed by atoms with Crippen LogP contribution in [0.5, 0.6) is 0 Å². The SMILES string of the molecule is Cc1ccc(S(=O)(=O)[C@]23C=C[C@H]([C@H]2CCO)N(C(=O)OC(C)(C)C)C3)cc1. The second-order valence-corrected chi connectivity index (χ2v) is 10.6. The Kier molecular flexibility index (Phi) is 4.89. The summed E-state index contributed by atoms with van der Waals surface area (Å²) in [5, 5.41) is 9.53. The number of aliphatic hydroxyl groups is 1. The molecule has 6 nitrogen and oxygen atoms in total. The van der Waals surface area contributed by atoms with Crippen LogP contribution in [0, 0.1) is 12.8 Å². The van der Waals surface area contributed by atoms with Crippen LogP contribution in [-0.4, -0.2) is 54.1 Å². The number of hydrogen-bond acceptors (Lipinski definition) is 5. The quantitative estimate of drug-likeness (QED) is 0.795. The summed E-state index contributed by atoms with van der Waals surface area (Å²) in [7, 11) is -3.75. The van der Waals surface area contributed by atoms with Gasteiger partial charge in [-0.15, -0.1) is 0 Å². The van der Waals surface area contributed by atoms with Gasteiger partial charge >= 0.3 is 6.09 Å². The van der Waals surface area contributed by atoms with E-state index in [-0.39, 0.29) is 18.0 Å². The van der Waals surface area contributed by atoms with Crippen LogP contribution < -0.4 is 0 Å². The van der Waals surface area contributed by atoms with Gasteiger partial charge in [0.25, 0.3) is 0 Å². The highest BCUT2D eigenvalue weighted by Crippen LogP contribution is 2.50. The summed E-state index contributed by atoms with van der Waals surface area (Å²) in [5.41, 5.74) is 0.304. The number of carbonyl (C=O) groups is 1. The zero-order chi connectivity index (χ0) is 20.0. The Balaban J connectivity index is 2.01. The monoisotopic (exact) mass is 393 g/mol. The predicted octanol–water partition coefficient (Wildman–Crippen LogP) is 2.70. The molecule has 1 aromatic rings. The third-order valence-corrected chi connectivity index (χ3v) is 7.75. The van der Waals surface area contributed by atoms with Gasteiger partial charge in [-0.1, -0.05) is 29.8 Å². The summed E-state index contributed by atoms with van der Waals surface area (Å²) in [4.78, 5) is 14.4. The first-order valence-corrected chi connectivity index (χ1v) is 10.6. The molecule has 7 heteroatoms. The zero-order valence-electron chi connectivity index (χ0n) is 16.2. The lowest BCUT2D eigenvalue weighted by atomic mass is 9.93. The van der Waals surface area contributed by atoms with Gasteiger partial charge in [-0.25, -0.2) is 13.2 Å². The van der Waals surface area contributed by atoms with Crippen LogP contribution in [0.25, 0.3) is 0 Å². The summed E-state index contributed by atoms with van der Waals surface area (Å²) >= 11 is 0. The fraction of sp³-hybridized carbons (Fsp3) is 0.550. The fourth-order valence-electron chi connectivity index (χ4n) is 4.04. The molecule has 1 aliphatic carbocycles. The van der Waals surface area contributed by atoms with Gasteiger partial charge < -0.3 is 9.84 Å². The number of hydrogen-bond donors (Lipinski definition) is 1. The van der Waals surface area contributed by atoms with Crippen molar-refractivity contribution in [3.63, 3.8) is 0 Å². The minimum Gasteiger partial charge on any atom is -0.444 e. The van der Waals surface area contributed by atoms with E-state index in [0.29, 0.717) is 6.42 Å². The number of aliphatic hydroxyl groups excluding tert-OH is 1. The standard InChI is InChI=1S/C20H27NO5S/c1-14-5-7-15(8-6-14)27(24,25)20-11-9-17(16(20)10-12-22)21(13-20)18(23)26-19(2,3)4/h5-9,11,16-17,22H,10,12-13H2,1-4H3/t16-,17-,20+/m1/s1. The lowest BCUT2D eigenvalue weighted by molar-refractivity contribution is 0.0235. The Morgan fingerprint density at radius 3 is 2.48 bits per heavy atom. The van der Waals surface area contributed by atoms with E-state index in [1.807, 2.05) is 6.92 Å². The molecule has 0 radical (unpaired) electrons. The lowest BCUT2D eigenvalue weighted by Gasteiger charge is -2.31. The molecule has 1 N–H and O–H groups in total. The fourth-order valence-corrected chi connectivity index (χ4v) is 6.20. The number of nitrogens with zero attached hydrogens (tertiary/aromatic N) is 1. The molecule has 0 saturated carbocycles. The van der Waals surface area contributed by atoms with Crippen molar-refractivity contribution in [1.82, 2.24) is 4.90 Å². The van der Waals surface area contributed by atoms with Gasteiger partial charge in [0.05, 0.1) is 10.9 Å². The maximum atomic E-state index is 13.6. The van der Waals surface area contributed by atoms with E-state index < -0.39 is 38.2 Å². The molecular formula is C20H27NO5S. The van der Waals surface area contributed by atoms with Gasteiger partial charge in [0.1, 0.15) is 10.3 Å². The van der Waals surface area contributed by atoms with Crippen molar-refractivity contribution >= 4 is 15.9 Å². The van der Waals surface area contributed by atoms with Gasteiger partial charge in [-0.05, 0) is 46.2 Å². The normalized spacial score (nSPS) is 27.2. The molecule has 1 amide bonds. The summed E-state index contributed by atoms with van der Waals surface area (Å²) in [6, 6.07) is 6.34. The maximum Gasteiger partial charge on any atom is 0.410 e. The molecule has 1 saturated heterocycles. The van der Waals surface area contributed by atoms with Gasteiger partial charge in [0.15, 0.2) is 9.84 Å². The molecule has 2 bridgehead atoms. The molecule has 1 heterocycles. The average molecular weight is 394 g/mol. The topological polar surface area (TPSA) is 83.9 Å². The van der Waals surface area contributed by atoms with Crippen LogP contribution in [0.15, 0.2) is 41.3 Å². The Labute approximate surface area is 160 Å². The Bertz CT molecular complexity index is 853. The smallest absolute Gasteiger partial charge is 0.410 e. The second kappa shape index (κ2) is 6.63. The number of likely N-dealkylation sites (tertiary alicyclic amines) is 1. The van der Waals surface area contributed by atoms with Crippen LogP contribution in [0.3, 0.4) is 0 Å². The number of ether oxygens (including phenoxy) is 1.